The van der Waals surface area contributed by atoms with E-state index in [2.05, 4.69) is 0 Å². The molecule has 1 aliphatic carbocycles. The van der Waals surface area contributed by atoms with E-state index < -0.39 is 17.6 Å². The minimum absolute atomic E-state index is 0.323. The molecular formula is C16H19F4N. The molecule has 0 atom stereocenters. The van der Waals surface area contributed by atoms with Crippen LogP contribution in [0.2, 0.25) is 0 Å². The summed E-state index contributed by atoms with van der Waals surface area (Å²) in [7, 11) is 0. The summed E-state index contributed by atoms with van der Waals surface area (Å²) in [4.78, 5) is 0. The Kier molecular flexibility index (Phi) is 5.04. The van der Waals surface area contributed by atoms with Gasteiger partial charge in [-0.1, -0.05) is 37.0 Å². The molecule has 0 amide bonds. The lowest BCUT2D eigenvalue weighted by atomic mass is 9.83. The number of nitrogens with two attached hydrogens (primary N) is 1. The number of hydrogen-bond donors (Lipinski definition) is 1. The third kappa shape index (κ3) is 4.06. The zero-order chi connectivity index (χ0) is 15.5. The van der Waals surface area contributed by atoms with Crippen LogP contribution in [0.25, 0.3) is 6.08 Å². The van der Waals surface area contributed by atoms with Crippen LogP contribution in [0.15, 0.2) is 23.8 Å². The van der Waals surface area contributed by atoms with Crippen LogP contribution >= 0.6 is 0 Å². The normalized spacial score (nSPS) is 18.0. The number of alkyl halides is 3. The molecule has 1 aromatic rings. The zero-order valence-electron chi connectivity index (χ0n) is 11.7. The number of benzene rings is 1. The van der Waals surface area contributed by atoms with Crippen molar-refractivity contribution in [2.75, 3.05) is 6.54 Å². The van der Waals surface area contributed by atoms with Crippen LogP contribution in [0, 0.1) is 11.7 Å². The molecule has 0 aromatic heterocycles. The number of rotatable bonds is 3. The molecule has 0 heterocycles. The van der Waals surface area contributed by atoms with Gasteiger partial charge in [0.15, 0.2) is 0 Å². The monoisotopic (exact) mass is 301 g/mol. The summed E-state index contributed by atoms with van der Waals surface area (Å²) in [5.41, 5.74) is 5.82. The summed E-state index contributed by atoms with van der Waals surface area (Å²) in [6.45, 7) is 0.323. The van der Waals surface area contributed by atoms with E-state index >= 15 is 0 Å². The second-order valence-electron chi connectivity index (χ2n) is 5.50. The average Bonchev–Trinajstić information content (AvgIpc) is 2.46. The largest absolute Gasteiger partial charge is 0.419 e. The SMILES string of the molecule is NC/C(=C/c1ccc(F)c(C(F)(F)F)c1)C1CCCCC1. The molecule has 1 fully saturated rings. The molecule has 1 saturated carbocycles. The molecule has 1 nitrogen and oxygen atoms in total. The van der Waals surface area contributed by atoms with Gasteiger partial charge in [-0.15, -0.1) is 0 Å². The fourth-order valence-corrected chi connectivity index (χ4v) is 2.88. The van der Waals surface area contributed by atoms with Crippen LogP contribution in [-0.4, -0.2) is 6.54 Å². The summed E-state index contributed by atoms with van der Waals surface area (Å²) >= 11 is 0. The Morgan fingerprint density at radius 1 is 1.19 bits per heavy atom. The maximum atomic E-state index is 13.3. The Morgan fingerprint density at radius 3 is 2.43 bits per heavy atom. The van der Waals surface area contributed by atoms with Crippen molar-refractivity contribution in [1.29, 1.82) is 0 Å². The molecule has 1 aromatic carbocycles. The van der Waals surface area contributed by atoms with E-state index in [0.29, 0.717) is 18.0 Å². The van der Waals surface area contributed by atoms with E-state index in [1.54, 1.807) is 6.08 Å². The highest BCUT2D eigenvalue weighted by Crippen LogP contribution is 2.34. The van der Waals surface area contributed by atoms with Crippen molar-refractivity contribution in [3.05, 3.63) is 40.7 Å². The molecule has 1 aliphatic rings. The first-order valence-corrected chi connectivity index (χ1v) is 7.19. The highest BCUT2D eigenvalue weighted by molar-refractivity contribution is 5.55. The first-order valence-electron chi connectivity index (χ1n) is 7.19. The first-order chi connectivity index (χ1) is 9.91. The Bertz CT molecular complexity index is 513. The lowest BCUT2D eigenvalue weighted by Gasteiger charge is -2.24. The molecule has 2 N–H and O–H groups in total. The minimum atomic E-state index is -4.68. The topological polar surface area (TPSA) is 26.0 Å². The van der Waals surface area contributed by atoms with Crippen LogP contribution in [0.4, 0.5) is 17.6 Å². The maximum absolute atomic E-state index is 13.3. The third-order valence-electron chi connectivity index (χ3n) is 4.01. The van der Waals surface area contributed by atoms with Crippen molar-refractivity contribution in [3.63, 3.8) is 0 Å². The second kappa shape index (κ2) is 6.60. The Morgan fingerprint density at radius 2 is 1.86 bits per heavy atom. The summed E-state index contributed by atoms with van der Waals surface area (Å²) in [5.74, 6) is -0.908. The Labute approximate surface area is 121 Å². The van der Waals surface area contributed by atoms with E-state index in [1.807, 2.05) is 0 Å². The van der Waals surface area contributed by atoms with E-state index in [-0.39, 0.29) is 0 Å². The zero-order valence-corrected chi connectivity index (χ0v) is 11.7. The molecule has 21 heavy (non-hydrogen) atoms. The third-order valence-corrected chi connectivity index (χ3v) is 4.01. The average molecular weight is 301 g/mol. The molecule has 0 bridgehead atoms. The lowest BCUT2D eigenvalue weighted by Crippen LogP contribution is -2.16. The van der Waals surface area contributed by atoms with E-state index in [4.69, 9.17) is 5.73 Å². The second-order valence-corrected chi connectivity index (χ2v) is 5.50. The summed E-state index contributed by atoms with van der Waals surface area (Å²) < 4.78 is 51.4. The van der Waals surface area contributed by atoms with E-state index in [1.165, 1.54) is 12.5 Å². The predicted molar refractivity (Wildman–Crippen MR) is 75.0 cm³/mol. The minimum Gasteiger partial charge on any atom is -0.327 e. The van der Waals surface area contributed by atoms with E-state index in [9.17, 15) is 17.6 Å². The summed E-state index contributed by atoms with van der Waals surface area (Å²) in [6.07, 6.45) is 2.50. The Hall–Kier alpha value is -1.36. The predicted octanol–water partition coefficient (Wildman–Crippen LogP) is 4.77. The van der Waals surface area contributed by atoms with Gasteiger partial charge in [0, 0.05) is 6.54 Å². The van der Waals surface area contributed by atoms with Gasteiger partial charge in [0.1, 0.15) is 5.82 Å². The fourth-order valence-electron chi connectivity index (χ4n) is 2.88. The summed E-state index contributed by atoms with van der Waals surface area (Å²) in [5, 5.41) is 0. The van der Waals surface area contributed by atoms with Crippen LogP contribution < -0.4 is 5.73 Å². The molecule has 0 radical (unpaired) electrons. The highest BCUT2D eigenvalue weighted by Gasteiger charge is 2.34. The van der Waals surface area contributed by atoms with Crippen LogP contribution in [0.5, 0.6) is 0 Å². The van der Waals surface area contributed by atoms with Gasteiger partial charge in [0.05, 0.1) is 5.56 Å². The Balaban J connectivity index is 2.29. The standard InChI is InChI=1S/C16H19F4N/c17-15-7-6-11(9-14(15)16(18,19)20)8-13(10-21)12-4-2-1-3-5-12/h6-9,12H,1-5,10,21H2/b13-8-. The quantitative estimate of drug-likeness (QED) is 0.800. The van der Waals surface area contributed by atoms with Gasteiger partial charge < -0.3 is 5.73 Å². The first kappa shape index (κ1) is 16.0. The number of hydrogen-bond acceptors (Lipinski definition) is 1. The van der Waals surface area contributed by atoms with Crippen molar-refractivity contribution in [3.8, 4) is 0 Å². The van der Waals surface area contributed by atoms with Gasteiger partial charge in [0.25, 0.3) is 0 Å². The molecule has 0 spiro atoms. The number of halogens is 4. The molecule has 2 rings (SSSR count). The van der Waals surface area contributed by atoms with Crippen molar-refractivity contribution < 1.29 is 17.6 Å². The van der Waals surface area contributed by atoms with Crippen LogP contribution in [-0.2, 0) is 6.18 Å². The smallest absolute Gasteiger partial charge is 0.327 e. The van der Waals surface area contributed by atoms with Crippen molar-refractivity contribution in [2.45, 2.75) is 38.3 Å². The highest BCUT2D eigenvalue weighted by atomic mass is 19.4. The molecule has 5 heteroatoms. The van der Waals surface area contributed by atoms with Gasteiger partial charge in [-0.3, -0.25) is 0 Å². The van der Waals surface area contributed by atoms with Crippen LogP contribution in [0.1, 0.15) is 43.2 Å². The van der Waals surface area contributed by atoms with Gasteiger partial charge in [-0.25, -0.2) is 4.39 Å². The maximum Gasteiger partial charge on any atom is 0.419 e. The molecule has 0 aliphatic heterocycles. The van der Waals surface area contributed by atoms with Crippen molar-refractivity contribution in [2.24, 2.45) is 11.7 Å². The van der Waals surface area contributed by atoms with Gasteiger partial charge in [-0.2, -0.15) is 13.2 Å². The molecular weight excluding hydrogens is 282 g/mol. The van der Waals surface area contributed by atoms with Crippen molar-refractivity contribution in [1.82, 2.24) is 0 Å². The van der Waals surface area contributed by atoms with Gasteiger partial charge >= 0.3 is 6.18 Å². The van der Waals surface area contributed by atoms with Gasteiger partial charge in [-0.05, 0) is 36.5 Å². The molecule has 116 valence electrons. The fraction of sp³-hybridized carbons (Fsp3) is 0.500. The lowest BCUT2D eigenvalue weighted by molar-refractivity contribution is -0.140. The van der Waals surface area contributed by atoms with Crippen molar-refractivity contribution >= 4 is 6.08 Å². The molecule has 0 saturated heterocycles. The summed E-state index contributed by atoms with van der Waals surface area (Å²) in [6, 6.07) is 3.08. The molecule has 0 unspecified atom stereocenters. The van der Waals surface area contributed by atoms with E-state index in [0.717, 1.165) is 43.4 Å². The van der Waals surface area contributed by atoms with Crippen LogP contribution in [0.3, 0.4) is 0 Å². The van der Waals surface area contributed by atoms with Gasteiger partial charge in [0.2, 0.25) is 0 Å².